The highest BCUT2D eigenvalue weighted by Crippen LogP contribution is 2.36. The van der Waals surface area contributed by atoms with Crippen LogP contribution in [0.25, 0.3) is 0 Å². The van der Waals surface area contributed by atoms with Crippen molar-refractivity contribution in [1.82, 2.24) is 5.32 Å². The normalized spacial score (nSPS) is 11.7. The molecule has 3 nitrogen and oxygen atoms in total. The van der Waals surface area contributed by atoms with Crippen LogP contribution in [-0.2, 0) is 0 Å². The van der Waals surface area contributed by atoms with Gasteiger partial charge in [-0.2, -0.15) is 0 Å². The Kier molecular flexibility index (Phi) is 6.55. The number of hydrogen-bond acceptors (Lipinski definition) is 3. The third-order valence-electron chi connectivity index (χ3n) is 2.19. The van der Waals surface area contributed by atoms with Crippen molar-refractivity contribution in [2.75, 3.05) is 20.2 Å². The van der Waals surface area contributed by atoms with E-state index in [-0.39, 0.29) is 6.10 Å². The summed E-state index contributed by atoms with van der Waals surface area (Å²) in [6.07, 6.45) is 5.19. The Morgan fingerprint density at radius 3 is 2.56 bits per heavy atom. The van der Waals surface area contributed by atoms with E-state index in [1.807, 2.05) is 19.1 Å². The van der Waals surface area contributed by atoms with E-state index < -0.39 is 0 Å². The van der Waals surface area contributed by atoms with Crippen molar-refractivity contribution < 1.29 is 9.47 Å². The second kappa shape index (κ2) is 7.67. The van der Waals surface area contributed by atoms with Gasteiger partial charge in [-0.3, -0.25) is 0 Å². The van der Waals surface area contributed by atoms with E-state index in [9.17, 15) is 0 Å². The highest BCUT2D eigenvalue weighted by atomic mass is 79.9. The molecule has 0 aromatic heterocycles. The Balaban J connectivity index is 2.67. The summed E-state index contributed by atoms with van der Waals surface area (Å²) in [5.74, 6) is 4.04. The van der Waals surface area contributed by atoms with E-state index >= 15 is 0 Å². The Morgan fingerprint density at radius 1 is 1.33 bits per heavy atom. The van der Waals surface area contributed by atoms with Gasteiger partial charge in [0.15, 0.2) is 0 Å². The Morgan fingerprint density at radius 2 is 1.94 bits per heavy atom. The molecule has 5 heteroatoms. The van der Waals surface area contributed by atoms with Gasteiger partial charge in [0, 0.05) is 6.54 Å². The first-order valence-corrected chi connectivity index (χ1v) is 7.01. The maximum absolute atomic E-state index is 5.81. The number of methoxy groups -OCH3 is 1. The molecule has 1 N–H and O–H groups in total. The molecule has 0 saturated heterocycles. The zero-order chi connectivity index (χ0) is 13.5. The number of rotatable bonds is 6. The molecule has 0 fully saturated rings. The van der Waals surface area contributed by atoms with Crippen LogP contribution in [0, 0.1) is 12.3 Å². The van der Waals surface area contributed by atoms with Gasteiger partial charge >= 0.3 is 0 Å². The van der Waals surface area contributed by atoms with Gasteiger partial charge in [-0.25, -0.2) is 0 Å². The molecule has 1 unspecified atom stereocenters. The molecule has 1 aromatic carbocycles. The van der Waals surface area contributed by atoms with Crippen molar-refractivity contribution in [3.8, 4) is 23.8 Å². The average molecular weight is 377 g/mol. The molecule has 0 radical (unpaired) electrons. The van der Waals surface area contributed by atoms with Crippen LogP contribution in [0.3, 0.4) is 0 Å². The molecular weight excluding hydrogens is 362 g/mol. The second-order valence-electron chi connectivity index (χ2n) is 3.68. The van der Waals surface area contributed by atoms with E-state index in [4.69, 9.17) is 15.9 Å². The van der Waals surface area contributed by atoms with Crippen LogP contribution in [0.1, 0.15) is 6.92 Å². The first kappa shape index (κ1) is 15.4. The number of nitrogens with one attached hydrogen (secondary N) is 1. The van der Waals surface area contributed by atoms with Crippen molar-refractivity contribution in [3.63, 3.8) is 0 Å². The van der Waals surface area contributed by atoms with Crippen molar-refractivity contribution >= 4 is 31.9 Å². The lowest BCUT2D eigenvalue weighted by molar-refractivity contribution is 0.217. The van der Waals surface area contributed by atoms with Crippen molar-refractivity contribution in [3.05, 3.63) is 21.1 Å². The van der Waals surface area contributed by atoms with E-state index in [1.54, 1.807) is 7.11 Å². The van der Waals surface area contributed by atoms with E-state index in [0.29, 0.717) is 13.1 Å². The summed E-state index contributed by atoms with van der Waals surface area (Å²) in [4.78, 5) is 0. The molecule has 0 aliphatic rings. The molecule has 0 aliphatic heterocycles. The van der Waals surface area contributed by atoms with Gasteiger partial charge < -0.3 is 14.8 Å². The van der Waals surface area contributed by atoms with Gasteiger partial charge in [0.1, 0.15) is 17.6 Å². The van der Waals surface area contributed by atoms with E-state index in [2.05, 4.69) is 43.1 Å². The lowest BCUT2D eigenvalue weighted by atomic mass is 10.3. The molecule has 1 atom stereocenters. The van der Waals surface area contributed by atoms with Crippen LogP contribution in [0.4, 0.5) is 0 Å². The van der Waals surface area contributed by atoms with Gasteiger partial charge in [-0.15, -0.1) is 6.42 Å². The minimum Gasteiger partial charge on any atom is -0.496 e. The second-order valence-corrected chi connectivity index (χ2v) is 5.39. The summed E-state index contributed by atoms with van der Waals surface area (Å²) in [6, 6.07) is 3.74. The van der Waals surface area contributed by atoms with E-state index in [1.165, 1.54) is 0 Å². The third-order valence-corrected chi connectivity index (χ3v) is 3.43. The molecule has 0 heterocycles. The summed E-state index contributed by atoms with van der Waals surface area (Å²) in [6.45, 7) is 3.22. The smallest absolute Gasteiger partial charge is 0.135 e. The topological polar surface area (TPSA) is 30.5 Å². The fourth-order valence-electron chi connectivity index (χ4n) is 1.36. The van der Waals surface area contributed by atoms with Gasteiger partial charge in [0.05, 0.1) is 22.6 Å². The SMILES string of the molecule is C#CCNCC(C)Oc1cc(Br)c(OC)cc1Br. The Labute approximate surface area is 124 Å². The van der Waals surface area contributed by atoms with Crippen LogP contribution in [-0.4, -0.2) is 26.3 Å². The molecular formula is C13H15Br2NO2. The molecule has 18 heavy (non-hydrogen) atoms. The number of hydrogen-bond donors (Lipinski definition) is 1. The molecule has 1 rings (SSSR count). The van der Waals surface area contributed by atoms with Crippen LogP contribution in [0.2, 0.25) is 0 Å². The summed E-state index contributed by atoms with van der Waals surface area (Å²) in [5, 5.41) is 3.10. The van der Waals surface area contributed by atoms with Crippen molar-refractivity contribution in [2.24, 2.45) is 0 Å². The lowest BCUT2D eigenvalue weighted by Gasteiger charge is -2.17. The molecule has 98 valence electrons. The molecule has 0 spiro atoms. The standard InChI is InChI=1S/C13H15Br2NO2/c1-4-5-16-8-9(2)18-13-7-10(14)12(17-3)6-11(13)15/h1,6-7,9,16H,5,8H2,2-3H3. The first-order chi connectivity index (χ1) is 8.58. The minimum atomic E-state index is 0.0231. The van der Waals surface area contributed by atoms with Gasteiger partial charge in [0.25, 0.3) is 0 Å². The van der Waals surface area contributed by atoms with Crippen molar-refractivity contribution in [1.29, 1.82) is 0 Å². The molecule has 0 bridgehead atoms. The fourth-order valence-corrected chi connectivity index (χ4v) is 2.26. The zero-order valence-corrected chi connectivity index (χ0v) is 13.5. The minimum absolute atomic E-state index is 0.0231. The monoisotopic (exact) mass is 375 g/mol. The Bertz CT molecular complexity index is 443. The van der Waals surface area contributed by atoms with Crippen LogP contribution in [0.15, 0.2) is 21.1 Å². The highest BCUT2D eigenvalue weighted by molar-refractivity contribution is 9.11. The maximum Gasteiger partial charge on any atom is 0.135 e. The summed E-state index contributed by atoms with van der Waals surface area (Å²) >= 11 is 6.88. The fraction of sp³-hybridized carbons (Fsp3) is 0.385. The predicted octanol–water partition coefficient (Wildman–Crippen LogP) is 3.21. The van der Waals surface area contributed by atoms with E-state index in [0.717, 1.165) is 20.4 Å². The van der Waals surface area contributed by atoms with Gasteiger partial charge in [-0.1, -0.05) is 5.92 Å². The summed E-state index contributed by atoms with van der Waals surface area (Å²) in [5.41, 5.74) is 0. The lowest BCUT2D eigenvalue weighted by Crippen LogP contribution is -2.29. The predicted molar refractivity (Wildman–Crippen MR) is 80.2 cm³/mol. The molecule has 0 aliphatic carbocycles. The number of benzene rings is 1. The van der Waals surface area contributed by atoms with Crippen LogP contribution < -0.4 is 14.8 Å². The highest BCUT2D eigenvalue weighted by Gasteiger charge is 2.11. The largest absolute Gasteiger partial charge is 0.496 e. The quantitative estimate of drug-likeness (QED) is 0.610. The average Bonchev–Trinajstić information content (AvgIpc) is 2.33. The Hall–Kier alpha value is -0.700. The summed E-state index contributed by atoms with van der Waals surface area (Å²) in [7, 11) is 1.62. The maximum atomic E-state index is 5.81. The number of terminal acetylenes is 1. The van der Waals surface area contributed by atoms with Gasteiger partial charge in [-0.05, 0) is 50.9 Å². The van der Waals surface area contributed by atoms with Gasteiger partial charge in [0.2, 0.25) is 0 Å². The van der Waals surface area contributed by atoms with Crippen LogP contribution in [0.5, 0.6) is 11.5 Å². The first-order valence-electron chi connectivity index (χ1n) is 5.42. The number of ether oxygens (including phenoxy) is 2. The molecule has 0 amide bonds. The molecule has 0 saturated carbocycles. The van der Waals surface area contributed by atoms with Crippen molar-refractivity contribution in [2.45, 2.75) is 13.0 Å². The molecule has 1 aromatic rings. The number of halogens is 2. The third kappa shape index (κ3) is 4.52. The zero-order valence-electron chi connectivity index (χ0n) is 10.3. The summed E-state index contributed by atoms with van der Waals surface area (Å²) < 4.78 is 12.7. The van der Waals surface area contributed by atoms with Crippen LogP contribution >= 0.6 is 31.9 Å².